The summed E-state index contributed by atoms with van der Waals surface area (Å²) in [6, 6.07) is 7.63. The second kappa shape index (κ2) is 3.80. The van der Waals surface area contributed by atoms with E-state index in [1.165, 1.54) is 0 Å². The fraction of sp³-hybridized carbons (Fsp3) is 0.364. The summed E-state index contributed by atoms with van der Waals surface area (Å²) in [7, 11) is 0. The van der Waals surface area contributed by atoms with Crippen molar-refractivity contribution in [3.63, 3.8) is 0 Å². The predicted molar refractivity (Wildman–Crippen MR) is 70.7 cm³/mol. The molecule has 0 N–H and O–H groups in total. The molecule has 17 heavy (non-hydrogen) atoms. The van der Waals surface area contributed by atoms with Crippen LogP contribution in [0.15, 0.2) is 24.3 Å². The molecular formula is C11H13N2O2PS. The minimum atomic E-state index is -2.32. The number of nitrogens with zero attached hydrogens (tertiary/aromatic N) is 2. The lowest BCUT2D eigenvalue weighted by Gasteiger charge is -2.41. The van der Waals surface area contributed by atoms with E-state index in [9.17, 15) is 4.79 Å². The summed E-state index contributed by atoms with van der Waals surface area (Å²) in [4.78, 5) is 12.4. The Morgan fingerprint density at radius 2 is 2.24 bits per heavy atom. The molecule has 0 saturated carbocycles. The number of fused-ring (bicyclic) bond motifs is 3. The van der Waals surface area contributed by atoms with Gasteiger partial charge in [-0.05, 0) is 30.9 Å². The van der Waals surface area contributed by atoms with Gasteiger partial charge in [0.25, 0.3) is 12.5 Å². The first kappa shape index (κ1) is 11.2. The van der Waals surface area contributed by atoms with E-state index in [0.29, 0.717) is 13.2 Å². The molecule has 2 heterocycles. The number of carbonyl (C=O) groups is 1. The van der Waals surface area contributed by atoms with Gasteiger partial charge >= 0.3 is 0 Å². The van der Waals surface area contributed by atoms with Crippen LogP contribution in [0.4, 0.5) is 5.69 Å². The highest BCUT2D eigenvalue weighted by molar-refractivity contribution is 8.12. The molecule has 1 atom stereocenters. The van der Waals surface area contributed by atoms with Crippen molar-refractivity contribution in [2.45, 2.75) is 6.92 Å². The molecule has 2 aliphatic rings. The van der Waals surface area contributed by atoms with Crippen molar-refractivity contribution in [3.8, 4) is 0 Å². The molecule has 1 saturated heterocycles. The number of carbonyl (C=O) groups excluding carboxylic acids is 1. The molecule has 90 valence electrons. The summed E-state index contributed by atoms with van der Waals surface area (Å²) in [6.07, 6.45) is 0. The average Bonchev–Trinajstić information content (AvgIpc) is 2.72. The van der Waals surface area contributed by atoms with Crippen LogP contribution in [0.2, 0.25) is 0 Å². The van der Waals surface area contributed by atoms with Gasteiger partial charge in [0.05, 0.1) is 17.9 Å². The molecule has 1 aromatic carbocycles. The third-order valence-corrected chi connectivity index (χ3v) is 7.24. The van der Waals surface area contributed by atoms with Crippen LogP contribution in [0, 0.1) is 0 Å². The summed E-state index contributed by atoms with van der Waals surface area (Å²) >= 11 is 5.63. The molecule has 3 rings (SSSR count). The Kier molecular flexibility index (Phi) is 2.51. The zero-order valence-electron chi connectivity index (χ0n) is 9.50. The smallest absolute Gasteiger partial charge is 0.262 e. The Hall–Kier alpha value is -0.900. The van der Waals surface area contributed by atoms with E-state index >= 15 is 0 Å². The molecular weight excluding hydrogens is 255 g/mol. The Morgan fingerprint density at radius 3 is 3.00 bits per heavy atom. The first-order valence-electron chi connectivity index (χ1n) is 5.62. The Labute approximate surface area is 105 Å². The fourth-order valence-corrected chi connectivity index (χ4v) is 5.99. The molecule has 0 aromatic heterocycles. The first-order valence-corrected chi connectivity index (χ1v) is 8.25. The highest BCUT2D eigenvalue weighted by Crippen LogP contribution is 2.63. The largest absolute Gasteiger partial charge is 0.317 e. The molecule has 0 radical (unpaired) electrons. The van der Waals surface area contributed by atoms with Gasteiger partial charge in [-0.1, -0.05) is 12.1 Å². The number of para-hydroxylation sites is 1. The van der Waals surface area contributed by atoms with Crippen molar-refractivity contribution in [2.24, 2.45) is 0 Å². The Morgan fingerprint density at radius 1 is 1.47 bits per heavy atom. The zero-order valence-corrected chi connectivity index (χ0v) is 11.2. The average molecular weight is 268 g/mol. The van der Waals surface area contributed by atoms with Crippen LogP contribution in [0.5, 0.6) is 0 Å². The quantitative estimate of drug-likeness (QED) is 0.731. The van der Waals surface area contributed by atoms with Gasteiger partial charge < -0.3 is 9.19 Å². The first-order chi connectivity index (χ1) is 8.18. The molecule has 1 fully saturated rings. The van der Waals surface area contributed by atoms with Crippen LogP contribution in [0.25, 0.3) is 0 Å². The van der Waals surface area contributed by atoms with Gasteiger partial charge in [0.2, 0.25) is 0 Å². The molecule has 6 heteroatoms. The minimum Gasteiger partial charge on any atom is -0.317 e. The van der Waals surface area contributed by atoms with Gasteiger partial charge in [0.1, 0.15) is 0 Å². The van der Waals surface area contributed by atoms with Gasteiger partial charge in [-0.15, -0.1) is 0 Å². The standard InChI is InChI=1S/C11H13N2O2PS/c1-2-12-11(14)9-5-3-4-6-10(9)13-7-8-15-16(12,13)17/h3-6H,2,7-8H2,1H3/t16-/m0/s1. The van der Waals surface area contributed by atoms with Crippen molar-refractivity contribution in [3.05, 3.63) is 29.8 Å². The maximum atomic E-state index is 12.4. The van der Waals surface area contributed by atoms with Crippen LogP contribution >= 0.6 is 6.57 Å². The monoisotopic (exact) mass is 268 g/mol. The third kappa shape index (κ3) is 1.39. The molecule has 4 nitrogen and oxygen atoms in total. The molecule has 1 amide bonds. The van der Waals surface area contributed by atoms with E-state index in [1.807, 2.05) is 31.2 Å². The van der Waals surface area contributed by atoms with E-state index in [1.54, 1.807) is 4.67 Å². The van der Waals surface area contributed by atoms with E-state index in [0.717, 1.165) is 17.8 Å². The summed E-state index contributed by atoms with van der Waals surface area (Å²) in [5.41, 5.74) is 1.67. The normalized spacial score (nSPS) is 27.0. The molecule has 0 spiro atoms. The van der Waals surface area contributed by atoms with Gasteiger partial charge in [-0.25, -0.2) is 0 Å². The summed E-state index contributed by atoms with van der Waals surface area (Å²) in [6.45, 7) is 1.60. The second-order valence-electron chi connectivity index (χ2n) is 3.99. The van der Waals surface area contributed by atoms with Crippen molar-refractivity contribution < 1.29 is 9.32 Å². The van der Waals surface area contributed by atoms with Crippen LogP contribution in [0.1, 0.15) is 17.3 Å². The topological polar surface area (TPSA) is 32.8 Å². The lowest BCUT2D eigenvalue weighted by Crippen LogP contribution is -2.38. The second-order valence-corrected chi connectivity index (χ2v) is 7.62. The van der Waals surface area contributed by atoms with E-state index < -0.39 is 6.57 Å². The van der Waals surface area contributed by atoms with Crippen molar-refractivity contribution in [1.82, 2.24) is 4.67 Å². The summed E-state index contributed by atoms with van der Waals surface area (Å²) in [5, 5.41) is 0. The molecule has 1 aromatic rings. The van der Waals surface area contributed by atoms with E-state index in [4.69, 9.17) is 16.3 Å². The fourth-order valence-electron chi connectivity index (χ4n) is 2.35. The number of anilines is 1. The van der Waals surface area contributed by atoms with Gasteiger partial charge in [0, 0.05) is 13.1 Å². The van der Waals surface area contributed by atoms with Gasteiger partial charge in [-0.2, -0.15) is 0 Å². The van der Waals surface area contributed by atoms with Crippen LogP contribution in [-0.4, -0.2) is 30.3 Å². The number of hydrogen-bond acceptors (Lipinski definition) is 3. The van der Waals surface area contributed by atoms with E-state index in [-0.39, 0.29) is 5.91 Å². The molecule has 2 aliphatic heterocycles. The Bertz CT molecular complexity index is 534. The Balaban J connectivity index is 2.23. The zero-order chi connectivity index (χ0) is 12.0. The number of amides is 1. The maximum Gasteiger partial charge on any atom is 0.262 e. The third-order valence-electron chi connectivity index (χ3n) is 3.12. The van der Waals surface area contributed by atoms with Gasteiger partial charge in [-0.3, -0.25) is 9.46 Å². The molecule has 0 unspecified atom stereocenters. The van der Waals surface area contributed by atoms with Crippen molar-refractivity contribution in [2.75, 3.05) is 24.4 Å². The number of benzene rings is 1. The maximum absolute atomic E-state index is 12.4. The molecule has 0 bridgehead atoms. The number of hydrogen-bond donors (Lipinski definition) is 0. The van der Waals surface area contributed by atoms with Crippen LogP contribution < -0.4 is 4.67 Å². The lowest BCUT2D eigenvalue weighted by atomic mass is 10.1. The lowest BCUT2D eigenvalue weighted by molar-refractivity contribution is 0.0856. The SMILES string of the molecule is CCN1C(=O)c2ccccc2N2CCO[P@]12=S. The van der Waals surface area contributed by atoms with E-state index in [2.05, 4.69) is 4.67 Å². The highest BCUT2D eigenvalue weighted by Gasteiger charge is 2.46. The predicted octanol–water partition coefficient (Wildman–Crippen LogP) is 2.22. The van der Waals surface area contributed by atoms with Gasteiger partial charge in [0.15, 0.2) is 0 Å². The summed E-state index contributed by atoms with van der Waals surface area (Å²) < 4.78 is 9.55. The number of rotatable bonds is 1. The van der Waals surface area contributed by atoms with Crippen LogP contribution in [0.3, 0.4) is 0 Å². The molecule has 0 aliphatic carbocycles. The van der Waals surface area contributed by atoms with Crippen molar-refractivity contribution in [1.29, 1.82) is 0 Å². The van der Waals surface area contributed by atoms with Crippen molar-refractivity contribution >= 4 is 30.0 Å². The minimum absolute atomic E-state index is 0.00424. The van der Waals surface area contributed by atoms with Crippen LogP contribution in [-0.2, 0) is 16.3 Å². The summed E-state index contributed by atoms with van der Waals surface area (Å²) in [5.74, 6) is 0.00424. The highest BCUT2D eigenvalue weighted by atomic mass is 32.5.